The lowest BCUT2D eigenvalue weighted by molar-refractivity contribution is -0.161. The third-order valence-electron chi connectivity index (χ3n) is 15.2. The molecule has 0 bridgehead atoms. The second kappa shape index (κ2) is 65.3. The standard InChI is InChI=1S/C71H130O16P2/c1-4-7-10-13-16-19-22-23-24-25-26-27-28-29-30-31-32-33-34-35-36-37-38-39-40-41-44-46-48-51-54-57-69(74)81-60-66(72)61-83-88(77,78)84-62-67(73)63-85-89(79,80)86-65-68(87-71(76)59-56-53-50-47-43-21-18-15-12-9-6-3)64-82-70(75)58-55-52-49-45-42-20-17-14-11-8-5-2/h14,16-17,19,23-24,26-27,29-30,66-68,72-73H,4-13,15,18,20-22,25,28,31-65H2,1-3H3,(H,77,78)(H,79,80)/b17-14-,19-16-,24-23-,27-26-,30-29-. The molecular weight excluding hydrogens is 1170 g/mol. The molecule has 520 valence electrons. The van der Waals surface area contributed by atoms with Crippen LogP contribution in [-0.2, 0) is 55.8 Å². The average Bonchev–Trinajstić information content (AvgIpc) is 3.67. The number of ether oxygens (including phenoxy) is 3. The van der Waals surface area contributed by atoms with Gasteiger partial charge in [0.15, 0.2) is 6.10 Å². The Morgan fingerprint density at radius 1 is 0.315 bits per heavy atom. The summed E-state index contributed by atoms with van der Waals surface area (Å²) in [6.45, 7) is 2.61. The number of carbonyl (C=O) groups is 3. The highest BCUT2D eigenvalue weighted by Crippen LogP contribution is 2.45. The zero-order valence-electron chi connectivity index (χ0n) is 56.4. The molecule has 0 aromatic carbocycles. The van der Waals surface area contributed by atoms with Gasteiger partial charge in [0.25, 0.3) is 0 Å². The van der Waals surface area contributed by atoms with Crippen molar-refractivity contribution in [2.24, 2.45) is 0 Å². The van der Waals surface area contributed by atoms with Crippen LogP contribution >= 0.6 is 15.6 Å². The van der Waals surface area contributed by atoms with Gasteiger partial charge >= 0.3 is 33.6 Å². The van der Waals surface area contributed by atoms with E-state index in [1.165, 1.54) is 154 Å². The predicted molar refractivity (Wildman–Crippen MR) is 362 cm³/mol. The van der Waals surface area contributed by atoms with Gasteiger partial charge in [0.05, 0.1) is 26.4 Å². The molecule has 0 aliphatic rings. The number of phosphoric ester groups is 2. The second-order valence-corrected chi connectivity index (χ2v) is 26.9. The fraction of sp³-hybridized carbons (Fsp3) is 0.817. The summed E-state index contributed by atoms with van der Waals surface area (Å²) in [4.78, 5) is 58.2. The molecule has 89 heavy (non-hydrogen) atoms. The first-order valence-corrected chi connectivity index (χ1v) is 38.6. The van der Waals surface area contributed by atoms with Gasteiger partial charge < -0.3 is 34.2 Å². The molecule has 5 atom stereocenters. The fourth-order valence-corrected chi connectivity index (χ4v) is 11.3. The normalized spacial score (nSPS) is 14.6. The van der Waals surface area contributed by atoms with Crippen molar-refractivity contribution in [2.75, 3.05) is 39.6 Å². The molecule has 0 aromatic heterocycles. The highest BCUT2D eigenvalue weighted by molar-refractivity contribution is 7.47. The van der Waals surface area contributed by atoms with E-state index in [0.29, 0.717) is 19.3 Å². The predicted octanol–water partition coefficient (Wildman–Crippen LogP) is 19.8. The van der Waals surface area contributed by atoms with Crippen molar-refractivity contribution in [1.29, 1.82) is 0 Å². The Hall–Kier alpha value is -2.75. The second-order valence-electron chi connectivity index (χ2n) is 24.0. The van der Waals surface area contributed by atoms with Crippen LogP contribution in [0.1, 0.15) is 316 Å². The van der Waals surface area contributed by atoms with Crippen molar-refractivity contribution >= 4 is 33.6 Å². The zero-order valence-corrected chi connectivity index (χ0v) is 58.1. The number of hydrogen-bond acceptors (Lipinski definition) is 14. The maximum Gasteiger partial charge on any atom is 0.472 e. The van der Waals surface area contributed by atoms with E-state index in [4.69, 9.17) is 32.3 Å². The number of unbranched alkanes of at least 4 members (excludes halogenated alkanes) is 35. The highest BCUT2D eigenvalue weighted by Gasteiger charge is 2.29. The smallest absolute Gasteiger partial charge is 0.463 e. The van der Waals surface area contributed by atoms with Gasteiger partial charge in [-0.3, -0.25) is 32.5 Å². The Balaban J connectivity index is 4.29. The van der Waals surface area contributed by atoms with Crippen LogP contribution in [0.15, 0.2) is 60.8 Å². The first kappa shape index (κ1) is 86.2. The van der Waals surface area contributed by atoms with Crippen LogP contribution in [0.2, 0.25) is 0 Å². The molecule has 0 aliphatic heterocycles. The van der Waals surface area contributed by atoms with E-state index in [1.54, 1.807) is 0 Å². The monoisotopic (exact) mass is 1300 g/mol. The van der Waals surface area contributed by atoms with Crippen LogP contribution in [0.4, 0.5) is 0 Å². The number of aliphatic hydroxyl groups is 2. The zero-order chi connectivity index (χ0) is 65.3. The molecule has 16 nitrogen and oxygen atoms in total. The van der Waals surface area contributed by atoms with Crippen molar-refractivity contribution < 1.29 is 75.8 Å². The Morgan fingerprint density at radius 3 is 0.955 bits per heavy atom. The lowest BCUT2D eigenvalue weighted by Gasteiger charge is -2.21. The van der Waals surface area contributed by atoms with Crippen molar-refractivity contribution in [3.63, 3.8) is 0 Å². The van der Waals surface area contributed by atoms with Crippen LogP contribution in [0.3, 0.4) is 0 Å². The third-order valence-corrected chi connectivity index (χ3v) is 17.1. The molecule has 0 saturated carbocycles. The molecule has 0 saturated heterocycles. The van der Waals surface area contributed by atoms with Crippen LogP contribution in [0.5, 0.6) is 0 Å². The number of hydrogen-bond donors (Lipinski definition) is 4. The number of aliphatic hydroxyl groups excluding tert-OH is 2. The molecule has 0 aliphatic carbocycles. The van der Waals surface area contributed by atoms with Crippen molar-refractivity contribution in [3.05, 3.63) is 60.8 Å². The number of phosphoric acid groups is 2. The maximum atomic E-state index is 12.8. The summed E-state index contributed by atoms with van der Waals surface area (Å²) < 4.78 is 60.7. The molecule has 0 amide bonds. The van der Waals surface area contributed by atoms with Crippen LogP contribution in [0.25, 0.3) is 0 Å². The molecular formula is C71H130O16P2. The summed E-state index contributed by atoms with van der Waals surface area (Å²) in [5, 5.41) is 20.5. The molecule has 0 radical (unpaired) electrons. The minimum atomic E-state index is -4.91. The summed E-state index contributed by atoms with van der Waals surface area (Å²) in [6.07, 6.45) is 67.4. The lowest BCUT2D eigenvalue weighted by atomic mass is 10.0. The molecule has 0 spiro atoms. The van der Waals surface area contributed by atoms with Gasteiger partial charge in [0, 0.05) is 19.3 Å². The third kappa shape index (κ3) is 66.5. The van der Waals surface area contributed by atoms with Gasteiger partial charge in [-0.25, -0.2) is 9.13 Å². The largest absolute Gasteiger partial charge is 0.472 e. The molecule has 5 unspecified atom stereocenters. The summed E-state index contributed by atoms with van der Waals surface area (Å²) in [5.41, 5.74) is 0. The lowest BCUT2D eigenvalue weighted by Crippen LogP contribution is -2.30. The van der Waals surface area contributed by atoms with Crippen LogP contribution < -0.4 is 0 Å². The molecule has 0 aromatic rings. The van der Waals surface area contributed by atoms with Crippen LogP contribution in [-0.4, -0.2) is 95.9 Å². The first-order valence-electron chi connectivity index (χ1n) is 35.6. The topological polar surface area (TPSA) is 231 Å². The minimum Gasteiger partial charge on any atom is -0.463 e. The van der Waals surface area contributed by atoms with E-state index in [0.717, 1.165) is 103 Å². The van der Waals surface area contributed by atoms with E-state index >= 15 is 0 Å². The molecule has 0 fully saturated rings. The molecule has 4 N–H and O–H groups in total. The van der Waals surface area contributed by atoms with Crippen molar-refractivity contribution in [1.82, 2.24) is 0 Å². The van der Waals surface area contributed by atoms with E-state index < -0.39 is 91.5 Å². The van der Waals surface area contributed by atoms with Gasteiger partial charge in [0.1, 0.15) is 25.4 Å². The number of carbonyl (C=O) groups excluding carboxylic acids is 3. The number of esters is 3. The number of allylic oxidation sites excluding steroid dienone is 10. The van der Waals surface area contributed by atoms with E-state index in [-0.39, 0.29) is 19.3 Å². The summed E-state index contributed by atoms with van der Waals surface area (Å²) >= 11 is 0. The molecule has 0 rings (SSSR count). The Kier molecular flexibility index (Phi) is 63.3. The number of rotatable bonds is 68. The van der Waals surface area contributed by atoms with Crippen molar-refractivity contribution in [2.45, 2.75) is 334 Å². The SMILES string of the molecule is CCCC/C=C\CCCCCCCC(=O)OCC(COP(=O)(O)OCC(O)COP(=O)(O)OCC(O)COC(=O)CCCCCCCCCCCCCCCCC/C=C\C/C=C\C/C=C\C/C=C\CCCCC)OC(=O)CCCCCCCCCCCCC. The van der Waals surface area contributed by atoms with Gasteiger partial charge in [-0.2, -0.15) is 0 Å². The van der Waals surface area contributed by atoms with Gasteiger partial charge in [-0.1, -0.05) is 274 Å². The minimum absolute atomic E-state index is 0.109. The van der Waals surface area contributed by atoms with E-state index in [9.17, 15) is 43.5 Å². The summed E-state index contributed by atoms with van der Waals surface area (Å²) in [5.74, 6) is -1.57. The first-order chi connectivity index (χ1) is 43.2. The molecule has 0 heterocycles. The van der Waals surface area contributed by atoms with Crippen molar-refractivity contribution in [3.8, 4) is 0 Å². The van der Waals surface area contributed by atoms with E-state index in [2.05, 4.69) is 81.5 Å². The van der Waals surface area contributed by atoms with Crippen LogP contribution in [0, 0.1) is 0 Å². The summed E-state index contributed by atoms with van der Waals surface area (Å²) in [6, 6.07) is 0. The maximum absolute atomic E-state index is 12.8. The Morgan fingerprint density at radius 2 is 0.573 bits per heavy atom. The van der Waals surface area contributed by atoms with Gasteiger partial charge in [-0.15, -0.1) is 0 Å². The van der Waals surface area contributed by atoms with Gasteiger partial charge in [0.2, 0.25) is 0 Å². The molecule has 18 heteroatoms. The average molecular weight is 1300 g/mol. The Bertz CT molecular complexity index is 1870. The van der Waals surface area contributed by atoms with Gasteiger partial charge in [-0.05, 0) is 83.5 Å². The van der Waals surface area contributed by atoms with E-state index in [1.807, 2.05) is 0 Å². The highest BCUT2D eigenvalue weighted by atomic mass is 31.2. The fourth-order valence-electron chi connectivity index (χ4n) is 9.71. The Labute approximate surface area is 541 Å². The summed E-state index contributed by atoms with van der Waals surface area (Å²) in [7, 11) is -9.75. The quantitative estimate of drug-likeness (QED) is 0.0146.